The fourth-order valence-corrected chi connectivity index (χ4v) is 5.22. The second-order valence-electron chi connectivity index (χ2n) is 10.3. The number of nitrogen functional groups attached to an aromatic ring is 1. The van der Waals surface area contributed by atoms with Gasteiger partial charge in [0.2, 0.25) is 5.91 Å². The normalized spacial score (nSPS) is 11.7. The molecule has 0 saturated carbocycles. The van der Waals surface area contributed by atoms with Crippen LogP contribution in [0.25, 0.3) is 33.2 Å². The topological polar surface area (TPSA) is 161 Å². The maximum atomic E-state index is 12.6. The number of carbonyl (C=O) groups is 1. The van der Waals surface area contributed by atoms with Gasteiger partial charge in [0.05, 0.1) is 11.8 Å². The van der Waals surface area contributed by atoms with E-state index in [0.29, 0.717) is 48.4 Å². The Morgan fingerprint density at radius 1 is 0.976 bits per heavy atom. The zero-order chi connectivity index (χ0) is 29.1. The summed E-state index contributed by atoms with van der Waals surface area (Å²) in [6, 6.07) is 3.76. The van der Waals surface area contributed by atoms with Gasteiger partial charge in [0.15, 0.2) is 17.0 Å². The summed E-state index contributed by atoms with van der Waals surface area (Å²) < 4.78 is 6.34. The number of nitrogens with two attached hydrogens (primary N) is 1. The van der Waals surface area contributed by atoms with Gasteiger partial charge in [-0.15, -0.1) is 0 Å². The van der Waals surface area contributed by atoms with E-state index >= 15 is 0 Å². The van der Waals surface area contributed by atoms with E-state index in [0.717, 1.165) is 65.6 Å². The summed E-state index contributed by atoms with van der Waals surface area (Å²) in [5.74, 6) is 1.36. The van der Waals surface area contributed by atoms with Crippen LogP contribution in [-0.2, 0) is 38.4 Å². The molecule has 13 heteroatoms. The molecule has 5 aromatic heterocycles. The highest BCUT2D eigenvalue weighted by Gasteiger charge is 2.18. The molecule has 0 saturated heterocycles. The summed E-state index contributed by atoms with van der Waals surface area (Å²) in [5.41, 5.74) is 9.33. The Morgan fingerprint density at radius 2 is 1.80 bits per heavy atom. The zero-order valence-corrected chi connectivity index (χ0v) is 23.8. The lowest BCUT2D eigenvalue weighted by Crippen LogP contribution is -2.37. The first kappa shape index (κ1) is 28.0. The fourth-order valence-electron chi connectivity index (χ4n) is 5.22. The van der Waals surface area contributed by atoms with E-state index < -0.39 is 11.2 Å². The van der Waals surface area contributed by atoms with Crippen LogP contribution in [0.15, 0.2) is 34.2 Å². The van der Waals surface area contributed by atoms with E-state index in [1.807, 2.05) is 12.1 Å². The van der Waals surface area contributed by atoms with Crippen LogP contribution in [0.2, 0.25) is 0 Å². The molecular weight excluding hydrogens is 524 g/mol. The van der Waals surface area contributed by atoms with Gasteiger partial charge in [-0.05, 0) is 37.8 Å². The maximum Gasteiger partial charge on any atom is 0.332 e. The van der Waals surface area contributed by atoms with E-state index in [1.165, 1.54) is 11.6 Å². The molecule has 0 aromatic carbocycles. The van der Waals surface area contributed by atoms with E-state index in [4.69, 9.17) is 10.7 Å². The number of aromatic nitrogens is 8. The van der Waals surface area contributed by atoms with E-state index in [-0.39, 0.29) is 5.91 Å². The lowest BCUT2D eigenvalue weighted by Gasteiger charge is -2.11. The molecule has 0 spiro atoms. The Hall–Kier alpha value is -4.55. The van der Waals surface area contributed by atoms with Crippen LogP contribution in [0.4, 0.5) is 5.82 Å². The average molecular weight is 561 g/mol. The molecule has 5 aromatic rings. The lowest BCUT2D eigenvalue weighted by molar-refractivity contribution is -0.121. The predicted molar refractivity (Wildman–Crippen MR) is 158 cm³/mol. The minimum absolute atomic E-state index is 0.0412. The molecule has 41 heavy (non-hydrogen) atoms. The zero-order valence-electron chi connectivity index (χ0n) is 23.8. The van der Waals surface area contributed by atoms with Gasteiger partial charge in [-0.2, -0.15) is 0 Å². The number of unbranched alkanes of at least 4 members (excludes halogenated alkanes) is 2. The lowest BCUT2D eigenvalue weighted by atomic mass is 10.2. The summed E-state index contributed by atoms with van der Waals surface area (Å²) in [6.07, 6.45) is 8.77. The minimum Gasteiger partial charge on any atom is -0.382 e. The first-order chi connectivity index (χ1) is 19.8. The summed E-state index contributed by atoms with van der Waals surface area (Å²) in [6.45, 7) is 3.91. The van der Waals surface area contributed by atoms with E-state index in [2.05, 4.69) is 31.8 Å². The number of amides is 1. The highest BCUT2D eigenvalue weighted by atomic mass is 16.2. The summed E-state index contributed by atoms with van der Waals surface area (Å²) in [4.78, 5) is 55.3. The smallest absolute Gasteiger partial charge is 0.332 e. The van der Waals surface area contributed by atoms with Crippen LogP contribution < -0.4 is 22.3 Å². The van der Waals surface area contributed by atoms with Crippen LogP contribution in [0, 0.1) is 0 Å². The van der Waals surface area contributed by atoms with Crippen LogP contribution in [0.3, 0.4) is 0 Å². The van der Waals surface area contributed by atoms with Crippen molar-refractivity contribution in [1.29, 1.82) is 0 Å². The number of hydrogen-bond acceptors (Lipinski definition) is 8. The predicted octanol–water partition coefficient (Wildman–Crippen LogP) is 2.03. The van der Waals surface area contributed by atoms with Gasteiger partial charge in [-0.25, -0.2) is 19.7 Å². The second kappa shape index (κ2) is 11.9. The number of rotatable bonds is 12. The molecule has 0 unspecified atom stereocenters. The molecule has 3 N–H and O–H groups in total. The van der Waals surface area contributed by atoms with Crippen LogP contribution in [-0.4, -0.2) is 50.7 Å². The number of carbonyl (C=O) groups excluding carboxylic acids is 1. The molecule has 5 rings (SSSR count). The first-order valence-corrected chi connectivity index (χ1v) is 14.1. The largest absolute Gasteiger partial charge is 0.382 e. The monoisotopic (exact) mass is 560 g/mol. The Kier molecular flexibility index (Phi) is 8.13. The molecule has 13 nitrogen and oxygen atoms in total. The standard InChI is InChI=1S/C28H36N10O3/c1-4-5-11-19-34-22-23(21-18(33-25(22)29)10-8-14-31-21)38(19)16-7-6-13-30-20(39)12-9-15-37-17-32-26-24(37)27(40)36(3)28(41)35(26)2/h8,10,14,17H,4-7,9,11-13,15-16H2,1-3H3,(H2,29,33)(H,30,39). The third kappa shape index (κ3) is 5.43. The molecule has 1 amide bonds. The first-order valence-electron chi connectivity index (χ1n) is 14.1. The van der Waals surface area contributed by atoms with Gasteiger partial charge < -0.3 is 20.2 Å². The number of imidazole rings is 2. The van der Waals surface area contributed by atoms with Crippen molar-refractivity contribution in [2.24, 2.45) is 14.1 Å². The minimum atomic E-state index is -0.420. The molecule has 5 heterocycles. The van der Waals surface area contributed by atoms with Crippen molar-refractivity contribution >= 4 is 45.0 Å². The molecule has 0 atom stereocenters. The summed E-state index contributed by atoms with van der Waals surface area (Å²) in [7, 11) is 3.03. The van der Waals surface area contributed by atoms with Crippen molar-refractivity contribution in [3.63, 3.8) is 0 Å². The van der Waals surface area contributed by atoms with Crippen molar-refractivity contribution < 1.29 is 4.79 Å². The highest BCUT2D eigenvalue weighted by molar-refractivity contribution is 6.04. The molecule has 0 fully saturated rings. The van der Waals surface area contributed by atoms with Gasteiger partial charge in [-0.1, -0.05) is 13.3 Å². The van der Waals surface area contributed by atoms with Gasteiger partial charge >= 0.3 is 5.69 Å². The van der Waals surface area contributed by atoms with Crippen LogP contribution >= 0.6 is 0 Å². The number of nitrogens with zero attached hydrogens (tertiary/aromatic N) is 8. The third-order valence-electron chi connectivity index (χ3n) is 7.45. The molecule has 0 radical (unpaired) electrons. The fraction of sp³-hybridized carbons (Fsp3) is 0.464. The van der Waals surface area contributed by atoms with Crippen molar-refractivity contribution in [2.75, 3.05) is 12.3 Å². The summed E-state index contributed by atoms with van der Waals surface area (Å²) in [5, 5.41) is 3.00. The number of fused-ring (bicyclic) bond motifs is 4. The quantitative estimate of drug-likeness (QED) is 0.219. The van der Waals surface area contributed by atoms with Gasteiger partial charge in [-0.3, -0.25) is 23.7 Å². The number of anilines is 1. The van der Waals surface area contributed by atoms with Crippen molar-refractivity contribution in [1.82, 2.24) is 43.5 Å². The Morgan fingerprint density at radius 3 is 2.61 bits per heavy atom. The Bertz CT molecular complexity index is 1850. The van der Waals surface area contributed by atoms with Gasteiger partial charge in [0, 0.05) is 52.8 Å². The molecule has 0 aliphatic rings. The summed E-state index contributed by atoms with van der Waals surface area (Å²) >= 11 is 0. The van der Waals surface area contributed by atoms with Crippen molar-refractivity contribution in [3.05, 3.63) is 51.3 Å². The average Bonchev–Trinajstić information content (AvgIpc) is 3.56. The number of nitrogens with one attached hydrogen (secondary N) is 1. The highest BCUT2D eigenvalue weighted by Crippen LogP contribution is 2.28. The van der Waals surface area contributed by atoms with E-state index in [1.54, 1.807) is 24.1 Å². The maximum absolute atomic E-state index is 12.6. The Balaban J connectivity index is 1.16. The second-order valence-corrected chi connectivity index (χ2v) is 10.3. The van der Waals surface area contributed by atoms with Gasteiger partial charge in [0.1, 0.15) is 22.4 Å². The number of hydrogen-bond donors (Lipinski definition) is 2. The van der Waals surface area contributed by atoms with Crippen molar-refractivity contribution in [2.45, 2.75) is 65.0 Å². The molecule has 0 aliphatic heterocycles. The van der Waals surface area contributed by atoms with Crippen molar-refractivity contribution in [3.8, 4) is 0 Å². The van der Waals surface area contributed by atoms with Crippen LogP contribution in [0.5, 0.6) is 0 Å². The number of aryl methyl sites for hydroxylation is 4. The molecule has 0 aliphatic carbocycles. The third-order valence-corrected chi connectivity index (χ3v) is 7.45. The van der Waals surface area contributed by atoms with Gasteiger partial charge in [0.25, 0.3) is 5.56 Å². The Labute approximate surface area is 236 Å². The molecule has 216 valence electrons. The number of pyridine rings is 2. The molecule has 0 bridgehead atoms. The molecular formula is C28H36N10O3. The van der Waals surface area contributed by atoms with Crippen LogP contribution in [0.1, 0.15) is 51.3 Å². The SMILES string of the molecule is CCCCc1nc2c(N)nc3cccnc3c2n1CCCCNC(=O)CCCn1cnc2c1c(=O)n(C)c(=O)n2C. The van der Waals surface area contributed by atoms with E-state index in [9.17, 15) is 14.4 Å².